The highest BCUT2D eigenvalue weighted by Crippen LogP contribution is 2.11. The van der Waals surface area contributed by atoms with E-state index in [1.54, 1.807) is 42.2 Å². The van der Waals surface area contributed by atoms with Crippen LogP contribution in [0.4, 0.5) is 5.69 Å². The molecule has 0 aliphatic carbocycles. The molecular formula is C15H20N2O2. The molecule has 2 amide bonds. The van der Waals surface area contributed by atoms with E-state index in [4.69, 9.17) is 0 Å². The number of carbonyl (C=O) groups excluding carboxylic acids is 2. The Balaban J connectivity index is 2.76. The third kappa shape index (κ3) is 4.25. The average molecular weight is 260 g/mol. The predicted octanol–water partition coefficient (Wildman–Crippen LogP) is 2.68. The summed E-state index contributed by atoms with van der Waals surface area (Å²) in [5.74, 6) is -0.165. The van der Waals surface area contributed by atoms with Crippen molar-refractivity contribution >= 4 is 17.5 Å². The van der Waals surface area contributed by atoms with Crippen LogP contribution in [-0.4, -0.2) is 29.8 Å². The molecular weight excluding hydrogens is 240 g/mol. The van der Waals surface area contributed by atoms with Gasteiger partial charge in [0.1, 0.15) is 0 Å². The Labute approximate surface area is 114 Å². The van der Waals surface area contributed by atoms with E-state index in [2.05, 4.69) is 5.32 Å². The number of nitrogens with zero attached hydrogens (tertiary/aromatic N) is 1. The largest absolute Gasteiger partial charge is 0.339 e. The highest BCUT2D eigenvalue weighted by Gasteiger charge is 2.11. The highest BCUT2D eigenvalue weighted by atomic mass is 16.2. The van der Waals surface area contributed by atoms with E-state index in [9.17, 15) is 9.59 Å². The monoisotopic (exact) mass is 260 g/mol. The summed E-state index contributed by atoms with van der Waals surface area (Å²) in [6, 6.07) is 6.92. The first-order valence-electron chi connectivity index (χ1n) is 6.45. The molecule has 0 fully saturated rings. The lowest BCUT2D eigenvalue weighted by atomic mass is 10.1. The van der Waals surface area contributed by atoms with Crippen LogP contribution in [0.25, 0.3) is 0 Å². The lowest BCUT2D eigenvalue weighted by Gasteiger charge is -2.18. The number of allylic oxidation sites excluding steroid dienone is 1. The molecule has 0 heterocycles. The molecule has 0 atom stereocenters. The van der Waals surface area contributed by atoms with Gasteiger partial charge in [-0.1, -0.05) is 6.08 Å². The molecule has 0 aliphatic rings. The normalized spacial score (nSPS) is 10.5. The second-order valence-corrected chi connectivity index (χ2v) is 4.04. The lowest BCUT2D eigenvalue weighted by molar-refractivity contribution is -0.111. The summed E-state index contributed by atoms with van der Waals surface area (Å²) in [6.45, 7) is 7.07. The molecule has 4 heteroatoms. The van der Waals surface area contributed by atoms with Gasteiger partial charge in [-0.3, -0.25) is 9.59 Å². The summed E-state index contributed by atoms with van der Waals surface area (Å²) in [4.78, 5) is 25.2. The molecule has 0 bridgehead atoms. The fourth-order valence-corrected chi connectivity index (χ4v) is 1.72. The van der Waals surface area contributed by atoms with Crippen LogP contribution < -0.4 is 5.32 Å². The first-order chi connectivity index (χ1) is 9.12. The summed E-state index contributed by atoms with van der Waals surface area (Å²) in [5.41, 5.74) is 1.31. The number of hydrogen-bond donors (Lipinski definition) is 1. The zero-order chi connectivity index (χ0) is 14.3. The SMILES string of the molecule is CC=CC(=O)Nc1ccc(C(=O)N(CC)CC)cc1. The molecule has 1 rings (SSSR count). The van der Waals surface area contributed by atoms with Gasteiger partial charge in [-0.05, 0) is 51.1 Å². The van der Waals surface area contributed by atoms with E-state index >= 15 is 0 Å². The smallest absolute Gasteiger partial charge is 0.253 e. The number of rotatable bonds is 5. The lowest BCUT2D eigenvalue weighted by Crippen LogP contribution is -2.30. The summed E-state index contributed by atoms with van der Waals surface area (Å²) >= 11 is 0. The molecule has 1 aromatic carbocycles. The van der Waals surface area contributed by atoms with Gasteiger partial charge in [-0.15, -0.1) is 0 Å². The van der Waals surface area contributed by atoms with E-state index in [0.29, 0.717) is 24.3 Å². The van der Waals surface area contributed by atoms with Gasteiger partial charge in [0.15, 0.2) is 0 Å². The third-order valence-electron chi connectivity index (χ3n) is 2.77. The number of carbonyl (C=O) groups is 2. The molecule has 0 saturated carbocycles. The van der Waals surface area contributed by atoms with E-state index in [1.807, 2.05) is 13.8 Å². The maximum Gasteiger partial charge on any atom is 0.253 e. The van der Waals surface area contributed by atoms with Gasteiger partial charge >= 0.3 is 0 Å². The summed E-state index contributed by atoms with van der Waals surface area (Å²) in [7, 11) is 0. The van der Waals surface area contributed by atoms with E-state index < -0.39 is 0 Å². The Kier molecular flexibility index (Phi) is 5.79. The summed E-state index contributed by atoms with van der Waals surface area (Å²) in [6.07, 6.45) is 3.13. The van der Waals surface area contributed by atoms with Crippen molar-refractivity contribution in [2.45, 2.75) is 20.8 Å². The minimum atomic E-state index is -0.176. The standard InChI is InChI=1S/C15H20N2O2/c1-4-7-14(18)16-13-10-8-12(9-11-13)15(19)17(5-2)6-3/h4,7-11H,5-6H2,1-3H3,(H,16,18). The number of nitrogens with one attached hydrogen (secondary N) is 1. The third-order valence-corrected chi connectivity index (χ3v) is 2.77. The first kappa shape index (κ1) is 15.0. The Morgan fingerprint density at radius 2 is 1.74 bits per heavy atom. The van der Waals surface area contributed by atoms with E-state index in [1.165, 1.54) is 6.08 Å². The number of anilines is 1. The molecule has 0 radical (unpaired) electrons. The number of hydrogen-bond acceptors (Lipinski definition) is 2. The van der Waals surface area contributed by atoms with Crippen molar-refractivity contribution in [1.82, 2.24) is 4.90 Å². The van der Waals surface area contributed by atoms with Crippen LogP contribution in [0.15, 0.2) is 36.4 Å². The van der Waals surface area contributed by atoms with Gasteiger partial charge < -0.3 is 10.2 Å². The van der Waals surface area contributed by atoms with Crippen molar-refractivity contribution in [3.05, 3.63) is 42.0 Å². The Bertz CT molecular complexity index is 460. The Hall–Kier alpha value is -2.10. The molecule has 19 heavy (non-hydrogen) atoms. The quantitative estimate of drug-likeness (QED) is 0.827. The van der Waals surface area contributed by atoms with Gasteiger partial charge in [-0.25, -0.2) is 0 Å². The van der Waals surface area contributed by atoms with Gasteiger partial charge in [0.25, 0.3) is 5.91 Å². The highest BCUT2D eigenvalue weighted by molar-refractivity contribution is 6.00. The molecule has 102 valence electrons. The maximum atomic E-state index is 12.1. The molecule has 0 unspecified atom stereocenters. The van der Waals surface area contributed by atoms with Crippen molar-refractivity contribution in [1.29, 1.82) is 0 Å². The number of benzene rings is 1. The molecule has 1 N–H and O–H groups in total. The molecule has 1 aromatic rings. The van der Waals surface area contributed by atoms with Crippen LogP contribution >= 0.6 is 0 Å². The minimum Gasteiger partial charge on any atom is -0.339 e. The minimum absolute atomic E-state index is 0.0105. The molecule has 0 saturated heterocycles. The Morgan fingerprint density at radius 1 is 1.16 bits per heavy atom. The summed E-state index contributed by atoms with van der Waals surface area (Å²) < 4.78 is 0. The topological polar surface area (TPSA) is 49.4 Å². The van der Waals surface area contributed by atoms with Crippen LogP contribution in [0.3, 0.4) is 0 Å². The first-order valence-corrected chi connectivity index (χ1v) is 6.45. The van der Waals surface area contributed by atoms with Gasteiger partial charge in [0, 0.05) is 24.3 Å². The maximum absolute atomic E-state index is 12.1. The summed E-state index contributed by atoms with van der Waals surface area (Å²) in [5, 5.41) is 2.72. The van der Waals surface area contributed by atoms with Crippen molar-refractivity contribution < 1.29 is 9.59 Å². The fraction of sp³-hybridized carbons (Fsp3) is 0.333. The second-order valence-electron chi connectivity index (χ2n) is 4.04. The molecule has 0 spiro atoms. The van der Waals surface area contributed by atoms with Gasteiger partial charge in [0.05, 0.1) is 0 Å². The van der Waals surface area contributed by atoms with Crippen LogP contribution in [0, 0.1) is 0 Å². The van der Waals surface area contributed by atoms with Crippen molar-refractivity contribution in [3.8, 4) is 0 Å². The van der Waals surface area contributed by atoms with Crippen LogP contribution in [0.1, 0.15) is 31.1 Å². The Morgan fingerprint density at radius 3 is 2.21 bits per heavy atom. The van der Waals surface area contributed by atoms with E-state index in [0.717, 1.165) is 0 Å². The van der Waals surface area contributed by atoms with Crippen molar-refractivity contribution in [2.75, 3.05) is 18.4 Å². The average Bonchev–Trinajstić information content (AvgIpc) is 2.41. The molecule has 4 nitrogen and oxygen atoms in total. The predicted molar refractivity (Wildman–Crippen MR) is 77.1 cm³/mol. The molecule has 0 aliphatic heterocycles. The van der Waals surface area contributed by atoms with Crippen LogP contribution in [0.5, 0.6) is 0 Å². The van der Waals surface area contributed by atoms with Gasteiger partial charge in [-0.2, -0.15) is 0 Å². The zero-order valence-corrected chi connectivity index (χ0v) is 11.6. The van der Waals surface area contributed by atoms with E-state index in [-0.39, 0.29) is 11.8 Å². The van der Waals surface area contributed by atoms with Crippen molar-refractivity contribution in [2.24, 2.45) is 0 Å². The second kappa shape index (κ2) is 7.36. The van der Waals surface area contributed by atoms with Crippen LogP contribution in [0.2, 0.25) is 0 Å². The molecule has 0 aromatic heterocycles. The van der Waals surface area contributed by atoms with Gasteiger partial charge in [0.2, 0.25) is 5.91 Å². The zero-order valence-electron chi connectivity index (χ0n) is 11.6. The van der Waals surface area contributed by atoms with Crippen LogP contribution in [-0.2, 0) is 4.79 Å². The number of amides is 2. The van der Waals surface area contributed by atoms with Crippen molar-refractivity contribution in [3.63, 3.8) is 0 Å². The fourth-order valence-electron chi connectivity index (χ4n) is 1.72.